The van der Waals surface area contributed by atoms with Crippen molar-refractivity contribution in [2.24, 2.45) is 0 Å². The van der Waals surface area contributed by atoms with Gasteiger partial charge in [0, 0.05) is 11.1 Å². The highest BCUT2D eigenvalue weighted by Crippen LogP contribution is 2.40. The fourth-order valence-electron chi connectivity index (χ4n) is 4.06. The number of hydrogen-bond donors (Lipinski definition) is 0. The number of esters is 4. The lowest BCUT2D eigenvalue weighted by atomic mass is 9.87. The molecule has 0 fully saturated rings. The summed E-state index contributed by atoms with van der Waals surface area (Å²) in [4.78, 5) is 50.5. The summed E-state index contributed by atoms with van der Waals surface area (Å²) < 4.78 is 25.6. The van der Waals surface area contributed by atoms with E-state index in [1.807, 2.05) is 18.2 Å². The van der Waals surface area contributed by atoms with Crippen molar-refractivity contribution in [2.45, 2.75) is 26.2 Å². The van der Waals surface area contributed by atoms with Crippen LogP contribution < -0.4 is 4.74 Å². The largest absolute Gasteiger partial charge is 0.465 e. The molecule has 10 heteroatoms. The van der Waals surface area contributed by atoms with Crippen molar-refractivity contribution >= 4 is 23.9 Å². The van der Waals surface area contributed by atoms with Crippen molar-refractivity contribution in [3.05, 3.63) is 81.9 Å². The number of carbonyl (C=O) groups is 4. The van der Waals surface area contributed by atoms with Crippen LogP contribution >= 0.6 is 0 Å². The Kier molecular flexibility index (Phi) is 9.14. The molecule has 0 atom stereocenters. The summed E-state index contributed by atoms with van der Waals surface area (Å²) in [5, 5.41) is 10.0. The van der Waals surface area contributed by atoms with E-state index in [1.165, 1.54) is 24.3 Å². The summed E-state index contributed by atoms with van der Waals surface area (Å²) in [5.74, 6) is -2.97. The minimum Gasteiger partial charge on any atom is -0.465 e. The molecular formula is C31H29NO9. The number of benzene rings is 3. The lowest BCUT2D eigenvalue weighted by Crippen LogP contribution is -2.14. The number of ether oxygens (including phenoxy) is 5. The number of rotatable bonds is 7. The highest BCUT2D eigenvalue weighted by atomic mass is 16.5. The molecule has 0 spiro atoms. The van der Waals surface area contributed by atoms with E-state index in [1.54, 1.807) is 12.1 Å². The zero-order valence-electron chi connectivity index (χ0n) is 23.7. The number of methoxy groups -OCH3 is 4. The molecular weight excluding hydrogens is 530 g/mol. The normalized spacial score (nSPS) is 10.7. The summed E-state index contributed by atoms with van der Waals surface area (Å²) in [7, 11) is 4.57. The molecule has 0 aromatic heterocycles. The molecule has 0 bridgehead atoms. The number of carbonyl (C=O) groups excluding carboxylic acids is 4. The second-order valence-electron chi connectivity index (χ2n) is 9.79. The molecule has 212 valence electrons. The molecule has 0 amide bonds. The molecule has 0 aliphatic carbocycles. The lowest BCUT2D eigenvalue weighted by Gasteiger charge is -2.20. The van der Waals surface area contributed by atoms with Gasteiger partial charge in [-0.2, -0.15) is 5.26 Å². The zero-order chi connectivity index (χ0) is 30.5. The Morgan fingerprint density at radius 1 is 0.634 bits per heavy atom. The maximum atomic E-state index is 12.7. The van der Waals surface area contributed by atoms with Crippen molar-refractivity contribution in [3.63, 3.8) is 0 Å². The first-order valence-corrected chi connectivity index (χ1v) is 12.3. The third-order valence-electron chi connectivity index (χ3n) is 6.26. The van der Waals surface area contributed by atoms with Gasteiger partial charge in [-0.3, -0.25) is 0 Å². The van der Waals surface area contributed by atoms with Gasteiger partial charge in [-0.25, -0.2) is 19.2 Å². The molecule has 0 radical (unpaired) electrons. The molecule has 0 aliphatic rings. The third kappa shape index (κ3) is 6.36. The molecule has 0 saturated heterocycles. The maximum Gasteiger partial charge on any atom is 0.338 e. The van der Waals surface area contributed by atoms with Gasteiger partial charge in [0.1, 0.15) is 11.5 Å². The highest BCUT2D eigenvalue weighted by Gasteiger charge is 2.27. The third-order valence-corrected chi connectivity index (χ3v) is 6.26. The van der Waals surface area contributed by atoms with E-state index in [-0.39, 0.29) is 50.1 Å². The predicted octanol–water partition coefficient (Wildman–Crippen LogP) is 5.46. The van der Waals surface area contributed by atoms with Crippen LogP contribution in [0.3, 0.4) is 0 Å². The Labute approximate surface area is 237 Å². The Morgan fingerprint density at radius 2 is 1.05 bits per heavy atom. The van der Waals surface area contributed by atoms with E-state index >= 15 is 0 Å². The second-order valence-corrected chi connectivity index (χ2v) is 9.79. The van der Waals surface area contributed by atoms with Gasteiger partial charge in [-0.1, -0.05) is 32.9 Å². The first-order chi connectivity index (χ1) is 19.4. The first kappa shape index (κ1) is 30.4. The van der Waals surface area contributed by atoms with Crippen LogP contribution in [-0.4, -0.2) is 52.3 Å². The van der Waals surface area contributed by atoms with Gasteiger partial charge in [-0.15, -0.1) is 0 Å². The van der Waals surface area contributed by atoms with Crippen molar-refractivity contribution in [3.8, 4) is 28.7 Å². The molecule has 3 rings (SSSR count). The minimum absolute atomic E-state index is 0.0485. The van der Waals surface area contributed by atoms with E-state index in [0.29, 0.717) is 5.75 Å². The van der Waals surface area contributed by atoms with Crippen LogP contribution in [0.2, 0.25) is 0 Å². The van der Waals surface area contributed by atoms with Gasteiger partial charge in [0.05, 0.1) is 62.3 Å². The summed E-state index contributed by atoms with van der Waals surface area (Å²) >= 11 is 0. The van der Waals surface area contributed by atoms with Crippen LogP contribution in [0.1, 0.15) is 73.3 Å². The highest BCUT2D eigenvalue weighted by molar-refractivity contribution is 6.07. The molecule has 3 aromatic carbocycles. The monoisotopic (exact) mass is 559 g/mol. The van der Waals surface area contributed by atoms with Crippen LogP contribution in [-0.2, 0) is 24.4 Å². The van der Waals surface area contributed by atoms with Crippen molar-refractivity contribution < 1.29 is 42.9 Å². The summed E-state index contributed by atoms with van der Waals surface area (Å²) in [6.07, 6.45) is 0. The average molecular weight is 560 g/mol. The van der Waals surface area contributed by atoms with E-state index in [9.17, 15) is 24.4 Å². The van der Waals surface area contributed by atoms with Crippen molar-refractivity contribution in [1.82, 2.24) is 0 Å². The van der Waals surface area contributed by atoms with Gasteiger partial charge < -0.3 is 23.7 Å². The molecule has 0 heterocycles. The second kappa shape index (κ2) is 12.3. The van der Waals surface area contributed by atoms with Crippen LogP contribution in [0.5, 0.6) is 11.5 Å². The van der Waals surface area contributed by atoms with Crippen molar-refractivity contribution in [1.29, 1.82) is 5.26 Å². The summed E-state index contributed by atoms with van der Waals surface area (Å²) in [6.45, 7) is 6.19. The van der Waals surface area contributed by atoms with E-state index in [2.05, 4.69) is 20.8 Å². The smallest absolute Gasteiger partial charge is 0.338 e. The van der Waals surface area contributed by atoms with Gasteiger partial charge >= 0.3 is 23.9 Å². The molecule has 0 N–H and O–H groups in total. The van der Waals surface area contributed by atoms with E-state index < -0.39 is 23.9 Å². The number of nitrogens with zero attached hydrogens (tertiary/aromatic N) is 1. The number of hydrogen-bond acceptors (Lipinski definition) is 10. The van der Waals surface area contributed by atoms with Gasteiger partial charge in [0.15, 0.2) is 0 Å². The Balaban J connectivity index is 2.39. The molecule has 41 heavy (non-hydrogen) atoms. The van der Waals surface area contributed by atoms with Crippen LogP contribution in [0.4, 0.5) is 0 Å². The molecule has 0 saturated carbocycles. The SMILES string of the molecule is COC(=O)c1cc(C#N)c(-c2cc(C(=O)OC)c(C(=O)OC)cc2Oc2ccc(C(C)(C)C)cc2)cc1C(=O)OC. The predicted molar refractivity (Wildman–Crippen MR) is 147 cm³/mol. The minimum atomic E-state index is -0.865. The Bertz CT molecular complexity index is 1560. The topological polar surface area (TPSA) is 138 Å². The number of nitriles is 1. The van der Waals surface area contributed by atoms with Crippen LogP contribution in [0.25, 0.3) is 11.1 Å². The van der Waals surface area contributed by atoms with Crippen LogP contribution in [0, 0.1) is 11.3 Å². The molecule has 0 unspecified atom stereocenters. The van der Waals surface area contributed by atoms with E-state index in [0.717, 1.165) is 34.0 Å². The summed E-state index contributed by atoms with van der Waals surface area (Å²) in [6, 6.07) is 14.3. The first-order valence-electron chi connectivity index (χ1n) is 12.3. The fourth-order valence-corrected chi connectivity index (χ4v) is 4.06. The standard InChI is InChI=1S/C31H29NO9/c1-31(2,3)18-8-10-19(11-9-18)41-26-15-25(30(36)40-7)24(29(35)39-6)14-21(26)20-13-23(28(34)38-5)22(27(33)37-4)12-17(20)16-32/h8-15H,1-7H3. The Hall–Kier alpha value is -5.17. The van der Waals surface area contributed by atoms with Crippen molar-refractivity contribution in [2.75, 3.05) is 28.4 Å². The molecule has 3 aromatic rings. The van der Waals surface area contributed by atoms with Gasteiger partial charge in [0.2, 0.25) is 0 Å². The average Bonchev–Trinajstić information content (AvgIpc) is 2.98. The lowest BCUT2D eigenvalue weighted by molar-refractivity contribution is 0.0555. The quantitative estimate of drug-likeness (QED) is 0.271. The zero-order valence-corrected chi connectivity index (χ0v) is 23.7. The fraction of sp³-hybridized carbons (Fsp3) is 0.258. The van der Waals surface area contributed by atoms with Gasteiger partial charge in [-0.05, 0) is 47.4 Å². The molecule has 10 nitrogen and oxygen atoms in total. The Morgan fingerprint density at radius 3 is 1.46 bits per heavy atom. The molecule has 0 aliphatic heterocycles. The van der Waals surface area contributed by atoms with Crippen LogP contribution in [0.15, 0.2) is 48.5 Å². The van der Waals surface area contributed by atoms with Gasteiger partial charge in [0.25, 0.3) is 0 Å². The summed E-state index contributed by atoms with van der Waals surface area (Å²) in [5.41, 5.74) is 0.441. The maximum absolute atomic E-state index is 12.7. The van der Waals surface area contributed by atoms with E-state index in [4.69, 9.17) is 23.7 Å².